The number of aromatic nitrogens is 2. The minimum absolute atomic E-state index is 0.00337. The van der Waals surface area contributed by atoms with Crippen LogP contribution in [0.25, 0.3) is 0 Å². The van der Waals surface area contributed by atoms with Crippen LogP contribution in [0.15, 0.2) is 60.9 Å². The van der Waals surface area contributed by atoms with Crippen LogP contribution < -0.4 is 5.32 Å². The van der Waals surface area contributed by atoms with E-state index in [9.17, 15) is 14.4 Å². The Balaban J connectivity index is 1.38. The average molecular weight is 409 g/mol. The first kappa shape index (κ1) is 18.9. The molecule has 8 heteroatoms. The number of rotatable bonds is 6. The summed E-state index contributed by atoms with van der Waals surface area (Å²) in [6.45, 7) is 0.455. The zero-order valence-corrected chi connectivity index (χ0v) is 16.1. The summed E-state index contributed by atoms with van der Waals surface area (Å²) in [5, 5.41) is 3.35. The van der Waals surface area contributed by atoms with Gasteiger partial charge in [0.25, 0.3) is 11.8 Å². The van der Waals surface area contributed by atoms with Crippen molar-refractivity contribution in [3.05, 3.63) is 82.6 Å². The van der Waals surface area contributed by atoms with E-state index in [1.807, 2.05) is 18.2 Å². The van der Waals surface area contributed by atoms with Crippen LogP contribution in [0.5, 0.6) is 0 Å². The Bertz CT molecular complexity index is 1070. The van der Waals surface area contributed by atoms with Gasteiger partial charge in [-0.1, -0.05) is 41.9 Å². The first-order valence-corrected chi connectivity index (χ1v) is 9.42. The van der Waals surface area contributed by atoms with E-state index in [0.29, 0.717) is 28.6 Å². The van der Waals surface area contributed by atoms with Crippen LogP contribution in [0, 0.1) is 0 Å². The molecule has 3 aromatic rings. The van der Waals surface area contributed by atoms with Gasteiger partial charge in [0.2, 0.25) is 11.9 Å². The van der Waals surface area contributed by atoms with Crippen molar-refractivity contribution in [3.8, 4) is 0 Å². The third-order valence-corrected chi connectivity index (χ3v) is 5.07. The van der Waals surface area contributed by atoms with Gasteiger partial charge in [0.1, 0.15) is 0 Å². The van der Waals surface area contributed by atoms with E-state index in [0.717, 1.165) is 10.5 Å². The van der Waals surface area contributed by atoms with Crippen molar-refractivity contribution in [2.75, 3.05) is 11.9 Å². The number of anilines is 1. The smallest absolute Gasteiger partial charge is 0.261 e. The van der Waals surface area contributed by atoms with E-state index in [4.69, 9.17) is 11.6 Å². The van der Waals surface area contributed by atoms with Crippen LogP contribution in [-0.2, 0) is 11.3 Å². The van der Waals surface area contributed by atoms with Gasteiger partial charge in [0, 0.05) is 30.4 Å². The molecule has 1 aliphatic heterocycles. The van der Waals surface area contributed by atoms with E-state index < -0.39 is 0 Å². The molecule has 29 heavy (non-hydrogen) atoms. The lowest BCUT2D eigenvalue weighted by Crippen LogP contribution is -2.33. The summed E-state index contributed by atoms with van der Waals surface area (Å²) in [6.07, 6.45) is 3.30. The third kappa shape index (κ3) is 3.77. The number of imidazole rings is 1. The van der Waals surface area contributed by atoms with E-state index in [2.05, 4.69) is 10.3 Å². The summed E-state index contributed by atoms with van der Waals surface area (Å²) in [4.78, 5) is 42.4. The van der Waals surface area contributed by atoms with Crippen LogP contribution in [-0.4, -0.2) is 38.7 Å². The zero-order chi connectivity index (χ0) is 20.4. The fourth-order valence-corrected chi connectivity index (χ4v) is 3.41. The highest BCUT2D eigenvalue weighted by atomic mass is 35.5. The molecule has 1 aliphatic rings. The normalized spacial score (nSPS) is 12.9. The summed E-state index contributed by atoms with van der Waals surface area (Å²) < 4.78 is 1.77. The average Bonchev–Trinajstić information content (AvgIpc) is 3.25. The fraction of sp³-hybridized carbons (Fsp3) is 0.143. The molecular formula is C21H17ClN4O3. The Morgan fingerprint density at radius 3 is 2.34 bits per heavy atom. The number of nitrogens with one attached hydrogen (secondary N) is 1. The monoisotopic (exact) mass is 408 g/mol. The van der Waals surface area contributed by atoms with Crippen LogP contribution in [0.4, 0.5) is 5.95 Å². The van der Waals surface area contributed by atoms with Gasteiger partial charge in [-0.05, 0) is 23.8 Å². The first-order valence-electron chi connectivity index (χ1n) is 9.04. The molecule has 0 saturated carbocycles. The fourth-order valence-electron chi connectivity index (χ4n) is 3.21. The molecule has 1 N–H and O–H groups in total. The SMILES string of the molecule is O=C(CCN1C(=O)c2ccccc2C1=O)Nc1nccn1Cc1ccccc1Cl. The number of carbonyl (C=O) groups is 3. The number of fused-ring (bicyclic) bond motifs is 1. The van der Waals surface area contributed by atoms with Gasteiger partial charge in [-0.25, -0.2) is 4.98 Å². The molecule has 1 aromatic heterocycles. The summed E-state index contributed by atoms with van der Waals surface area (Å²) in [5.41, 5.74) is 1.63. The zero-order valence-electron chi connectivity index (χ0n) is 15.3. The molecule has 3 amide bonds. The maximum Gasteiger partial charge on any atom is 0.261 e. The van der Waals surface area contributed by atoms with E-state index in [-0.39, 0.29) is 30.7 Å². The summed E-state index contributed by atoms with van der Waals surface area (Å²) in [7, 11) is 0. The van der Waals surface area contributed by atoms with Crippen LogP contribution >= 0.6 is 11.6 Å². The standard InChI is InChI=1S/C21H17ClN4O3/c22-17-8-4-1-5-14(17)13-25-12-10-23-21(25)24-18(27)9-11-26-19(28)15-6-2-3-7-16(15)20(26)29/h1-8,10,12H,9,11,13H2,(H,23,24,27). The maximum absolute atomic E-state index is 12.4. The van der Waals surface area contributed by atoms with Gasteiger partial charge in [-0.2, -0.15) is 0 Å². The highest BCUT2D eigenvalue weighted by molar-refractivity contribution is 6.31. The van der Waals surface area contributed by atoms with E-state index in [1.165, 1.54) is 0 Å². The largest absolute Gasteiger partial charge is 0.313 e. The second kappa shape index (κ2) is 7.89. The van der Waals surface area contributed by atoms with Crippen molar-refractivity contribution in [3.63, 3.8) is 0 Å². The Kier molecular flexibility index (Phi) is 5.14. The van der Waals surface area contributed by atoms with E-state index >= 15 is 0 Å². The molecule has 4 rings (SSSR count). The lowest BCUT2D eigenvalue weighted by Gasteiger charge is -2.14. The van der Waals surface area contributed by atoms with Gasteiger partial charge >= 0.3 is 0 Å². The minimum atomic E-state index is -0.376. The van der Waals surface area contributed by atoms with Gasteiger partial charge in [0.15, 0.2) is 0 Å². The van der Waals surface area contributed by atoms with Gasteiger partial charge in [-0.15, -0.1) is 0 Å². The van der Waals surface area contributed by atoms with Crippen LogP contribution in [0.1, 0.15) is 32.7 Å². The Hall–Kier alpha value is -3.45. The number of benzene rings is 2. The predicted molar refractivity (Wildman–Crippen MR) is 108 cm³/mol. The summed E-state index contributed by atoms with van der Waals surface area (Å²) >= 11 is 6.20. The second-order valence-corrected chi connectivity index (χ2v) is 6.98. The number of halogens is 1. The molecule has 0 aliphatic carbocycles. The lowest BCUT2D eigenvalue weighted by molar-refractivity contribution is -0.116. The number of carbonyl (C=O) groups excluding carboxylic acids is 3. The molecule has 0 atom stereocenters. The van der Waals surface area contributed by atoms with Crippen LogP contribution in [0.2, 0.25) is 5.02 Å². The molecule has 2 aromatic carbocycles. The Morgan fingerprint density at radius 2 is 1.66 bits per heavy atom. The van der Waals surface area contributed by atoms with Gasteiger partial charge < -0.3 is 4.57 Å². The lowest BCUT2D eigenvalue weighted by atomic mass is 10.1. The summed E-state index contributed by atoms with van der Waals surface area (Å²) in [6, 6.07) is 14.1. The molecule has 0 unspecified atom stereocenters. The molecule has 7 nitrogen and oxygen atoms in total. The number of hydrogen-bond donors (Lipinski definition) is 1. The molecular weight excluding hydrogens is 392 g/mol. The highest BCUT2D eigenvalue weighted by Gasteiger charge is 2.35. The van der Waals surface area contributed by atoms with E-state index in [1.54, 1.807) is 47.3 Å². The quantitative estimate of drug-likeness (QED) is 0.635. The van der Waals surface area contributed by atoms with Crippen molar-refractivity contribution in [2.45, 2.75) is 13.0 Å². The molecule has 0 fully saturated rings. The molecule has 2 heterocycles. The van der Waals surface area contributed by atoms with Crippen molar-refractivity contribution in [2.24, 2.45) is 0 Å². The van der Waals surface area contributed by atoms with Crippen molar-refractivity contribution in [1.29, 1.82) is 0 Å². The number of imide groups is 1. The van der Waals surface area contributed by atoms with Crippen molar-refractivity contribution in [1.82, 2.24) is 14.5 Å². The topological polar surface area (TPSA) is 84.3 Å². The Morgan fingerprint density at radius 1 is 1.00 bits per heavy atom. The third-order valence-electron chi connectivity index (χ3n) is 4.71. The van der Waals surface area contributed by atoms with Crippen molar-refractivity contribution >= 4 is 35.3 Å². The first-order chi connectivity index (χ1) is 14.0. The molecule has 0 spiro atoms. The van der Waals surface area contributed by atoms with Gasteiger partial charge in [0.05, 0.1) is 17.7 Å². The summed E-state index contributed by atoms with van der Waals surface area (Å²) in [5.74, 6) is -0.720. The molecule has 0 radical (unpaired) electrons. The second-order valence-electron chi connectivity index (χ2n) is 6.58. The minimum Gasteiger partial charge on any atom is -0.313 e. The Labute approximate surface area is 171 Å². The number of amides is 3. The van der Waals surface area contributed by atoms with Crippen molar-refractivity contribution < 1.29 is 14.4 Å². The predicted octanol–water partition coefficient (Wildman–Crippen LogP) is 3.21. The number of nitrogens with zero attached hydrogens (tertiary/aromatic N) is 3. The molecule has 146 valence electrons. The molecule has 0 bridgehead atoms. The maximum atomic E-state index is 12.4. The molecule has 0 saturated heterocycles. The highest BCUT2D eigenvalue weighted by Crippen LogP contribution is 2.22. The van der Waals surface area contributed by atoms with Crippen LogP contribution in [0.3, 0.4) is 0 Å². The van der Waals surface area contributed by atoms with Gasteiger partial charge in [-0.3, -0.25) is 24.6 Å². The number of hydrogen-bond acceptors (Lipinski definition) is 4.